The van der Waals surface area contributed by atoms with Gasteiger partial charge in [0.2, 0.25) is 7.37 Å². The first-order valence-electron chi connectivity index (χ1n) is 5.26. The maximum atomic E-state index is 12.0. The second-order valence-corrected chi connectivity index (χ2v) is 6.50. The number of hydrogen-bond acceptors (Lipinski definition) is 3. The van der Waals surface area contributed by atoms with Gasteiger partial charge in [0.05, 0.1) is 6.61 Å². The molecule has 0 bridgehead atoms. The minimum Gasteiger partial charge on any atom is -0.328 e. The van der Waals surface area contributed by atoms with Crippen LogP contribution in [0, 0.1) is 5.92 Å². The van der Waals surface area contributed by atoms with Crippen LogP contribution in [-0.4, -0.2) is 25.2 Å². The van der Waals surface area contributed by atoms with Gasteiger partial charge in [-0.25, -0.2) is 0 Å². The van der Waals surface area contributed by atoms with Gasteiger partial charge in [0.1, 0.15) is 6.29 Å². The van der Waals surface area contributed by atoms with Crippen molar-refractivity contribution in [1.29, 1.82) is 0 Å². The smallest absolute Gasteiger partial charge is 0.203 e. The lowest BCUT2D eigenvalue weighted by Crippen LogP contribution is -2.08. The molecule has 0 aliphatic carbocycles. The van der Waals surface area contributed by atoms with Crippen LogP contribution in [0.3, 0.4) is 0 Å². The summed E-state index contributed by atoms with van der Waals surface area (Å²) in [5.41, 5.74) is 0. The van der Waals surface area contributed by atoms with Crippen molar-refractivity contribution in [2.75, 3.05) is 18.9 Å². The molecule has 0 N–H and O–H groups in total. The SMILES string of the molecule is CCCCOP(=O)(CC)CC(C)C=O. The van der Waals surface area contributed by atoms with Gasteiger partial charge in [0.25, 0.3) is 0 Å². The van der Waals surface area contributed by atoms with Gasteiger partial charge in [-0.2, -0.15) is 0 Å². The Kier molecular flexibility index (Phi) is 7.12. The van der Waals surface area contributed by atoms with E-state index in [1.54, 1.807) is 6.92 Å². The van der Waals surface area contributed by atoms with Crippen LogP contribution in [0.5, 0.6) is 0 Å². The van der Waals surface area contributed by atoms with Gasteiger partial charge in [-0.15, -0.1) is 0 Å². The van der Waals surface area contributed by atoms with E-state index < -0.39 is 7.37 Å². The lowest BCUT2D eigenvalue weighted by Gasteiger charge is -2.18. The molecule has 0 radical (unpaired) electrons. The second-order valence-electron chi connectivity index (χ2n) is 3.61. The van der Waals surface area contributed by atoms with E-state index in [0.29, 0.717) is 18.9 Å². The fourth-order valence-electron chi connectivity index (χ4n) is 1.13. The molecule has 4 heteroatoms. The summed E-state index contributed by atoms with van der Waals surface area (Å²) in [4.78, 5) is 10.5. The summed E-state index contributed by atoms with van der Waals surface area (Å²) in [6.07, 6.45) is 3.71. The van der Waals surface area contributed by atoms with E-state index >= 15 is 0 Å². The Morgan fingerprint density at radius 3 is 2.50 bits per heavy atom. The second kappa shape index (κ2) is 7.19. The third-order valence-corrected chi connectivity index (χ3v) is 4.85. The Hall–Kier alpha value is -0.140. The number of rotatable bonds is 8. The number of unbranched alkanes of at least 4 members (excludes halogenated alkanes) is 1. The van der Waals surface area contributed by atoms with Gasteiger partial charge in [-0.3, -0.25) is 4.57 Å². The Balaban J connectivity index is 4.04. The van der Waals surface area contributed by atoms with Gasteiger partial charge >= 0.3 is 0 Å². The zero-order chi connectivity index (χ0) is 11.0. The molecule has 14 heavy (non-hydrogen) atoms. The molecule has 0 rings (SSSR count). The minimum atomic E-state index is -2.53. The molecule has 2 unspecified atom stereocenters. The highest BCUT2D eigenvalue weighted by molar-refractivity contribution is 7.59. The Morgan fingerprint density at radius 2 is 2.07 bits per heavy atom. The summed E-state index contributed by atoms with van der Waals surface area (Å²) >= 11 is 0. The van der Waals surface area contributed by atoms with Gasteiger partial charge in [-0.1, -0.05) is 27.2 Å². The van der Waals surface area contributed by atoms with Gasteiger partial charge in [-0.05, 0) is 6.42 Å². The van der Waals surface area contributed by atoms with E-state index in [4.69, 9.17) is 4.52 Å². The van der Waals surface area contributed by atoms with Crippen LogP contribution in [0.25, 0.3) is 0 Å². The first-order valence-corrected chi connectivity index (χ1v) is 7.25. The quantitative estimate of drug-likeness (QED) is 0.359. The molecule has 0 aromatic carbocycles. The largest absolute Gasteiger partial charge is 0.328 e. The molecule has 0 saturated carbocycles. The van der Waals surface area contributed by atoms with E-state index in [2.05, 4.69) is 6.92 Å². The zero-order valence-electron chi connectivity index (χ0n) is 9.36. The lowest BCUT2D eigenvalue weighted by atomic mass is 10.3. The van der Waals surface area contributed by atoms with Gasteiger partial charge < -0.3 is 9.32 Å². The van der Waals surface area contributed by atoms with E-state index in [1.165, 1.54) is 0 Å². The summed E-state index contributed by atoms with van der Waals surface area (Å²) in [7, 11) is -2.53. The zero-order valence-corrected chi connectivity index (χ0v) is 10.3. The van der Waals surface area contributed by atoms with Crippen molar-refractivity contribution in [3.63, 3.8) is 0 Å². The molecule has 2 atom stereocenters. The third-order valence-electron chi connectivity index (χ3n) is 2.10. The van der Waals surface area contributed by atoms with Crippen molar-refractivity contribution in [2.24, 2.45) is 5.92 Å². The summed E-state index contributed by atoms with van der Waals surface area (Å²) in [5, 5.41) is 0. The maximum Gasteiger partial charge on any atom is 0.203 e. The summed E-state index contributed by atoms with van der Waals surface area (Å²) in [5.74, 6) is -0.164. The minimum absolute atomic E-state index is 0.164. The molecule has 3 nitrogen and oxygen atoms in total. The maximum absolute atomic E-state index is 12.0. The number of hydrogen-bond donors (Lipinski definition) is 0. The third kappa shape index (κ3) is 5.56. The van der Waals surface area contributed by atoms with E-state index in [1.807, 2.05) is 6.92 Å². The number of carbonyl (C=O) groups excluding carboxylic acids is 1. The fourth-order valence-corrected chi connectivity index (χ4v) is 3.10. The first kappa shape index (κ1) is 13.9. The molecule has 84 valence electrons. The number of carbonyl (C=O) groups is 1. The monoisotopic (exact) mass is 220 g/mol. The molecule has 0 spiro atoms. The Labute approximate surface area is 86.7 Å². The van der Waals surface area contributed by atoms with Crippen LogP contribution >= 0.6 is 7.37 Å². The molecule has 0 heterocycles. The predicted octanol–water partition coefficient (Wildman–Crippen LogP) is 2.94. The highest BCUT2D eigenvalue weighted by Crippen LogP contribution is 2.47. The van der Waals surface area contributed by atoms with Crippen LogP contribution in [0.2, 0.25) is 0 Å². The Bertz CT molecular complexity index is 204. The normalized spacial score (nSPS) is 17.4. The molecule has 0 saturated heterocycles. The van der Waals surface area contributed by atoms with Crippen molar-refractivity contribution < 1.29 is 13.9 Å². The van der Waals surface area contributed by atoms with E-state index in [0.717, 1.165) is 19.1 Å². The molecule has 0 aromatic heterocycles. The predicted molar refractivity (Wildman–Crippen MR) is 59.1 cm³/mol. The first-order chi connectivity index (χ1) is 6.58. The van der Waals surface area contributed by atoms with Crippen LogP contribution in [0.15, 0.2) is 0 Å². The standard InChI is InChI=1S/C10H21O3P/c1-4-6-7-13-14(12,5-2)9-10(3)8-11/h8,10H,4-7,9H2,1-3H3. The Morgan fingerprint density at radius 1 is 1.43 bits per heavy atom. The van der Waals surface area contributed by atoms with Crippen molar-refractivity contribution in [1.82, 2.24) is 0 Å². The summed E-state index contributed by atoms with van der Waals surface area (Å²) in [6, 6.07) is 0. The van der Waals surface area contributed by atoms with Crippen molar-refractivity contribution in [3.8, 4) is 0 Å². The molecular formula is C10H21O3P. The van der Waals surface area contributed by atoms with Gasteiger partial charge in [0.15, 0.2) is 0 Å². The average Bonchev–Trinajstić information content (AvgIpc) is 2.18. The van der Waals surface area contributed by atoms with Crippen LogP contribution in [0.4, 0.5) is 0 Å². The average molecular weight is 220 g/mol. The summed E-state index contributed by atoms with van der Waals surface area (Å²) in [6.45, 7) is 6.24. The van der Waals surface area contributed by atoms with Crippen LogP contribution in [-0.2, 0) is 13.9 Å². The van der Waals surface area contributed by atoms with Crippen LogP contribution in [0.1, 0.15) is 33.6 Å². The lowest BCUT2D eigenvalue weighted by molar-refractivity contribution is -0.110. The van der Waals surface area contributed by atoms with E-state index in [-0.39, 0.29) is 5.92 Å². The summed E-state index contributed by atoms with van der Waals surface area (Å²) < 4.78 is 17.4. The van der Waals surface area contributed by atoms with Crippen molar-refractivity contribution in [3.05, 3.63) is 0 Å². The highest BCUT2D eigenvalue weighted by atomic mass is 31.2. The molecule has 0 aromatic rings. The highest BCUT2D eigenvalue weighted by Gasteiger charge is 2.23. The molecule has 0 amide bonds. The molecular weight excluding hydrogens is 199 g/mol. The van der Waals surface area contributed by atoms with Crippen LogP contribution < -0.4 is 0 Å². The topological polar surface area (TPSA) is 43.4 Å². The van der Waals surface area contributed by atoms with Crippen molar-refractivity contribution >= 4 is 13.7 Å². The fraction of sp³-hybridized carbons (Fsp3) is 0.900. The molecule has 0 aliphatic heterocycles. The molecule has 0 fully saturated rings. The van der Waals surface area contributed by atoms with E-state index in [9.17, 15) is 9.36 Å². The molecule has 0 aliphatic rings. The van der Waals surface area contributed by atoms with Gasteiger partial charge in [0, 0.05) is 18.2 Å². The van der Waals surface area contributed by atoms with Crippen molar-refractivity contribution in [2.45, 2.75) is 33.6 Å². The number of aldehydes is 1.